The second kappa shape index (κ2) is 4.96. The summed E-state index contributed by atoms with van der Waals surface area (Å²) in [7, 11) is 0. The van der Waals surface area contributed by atoms with E-state index >= 15 is 0 Å². The van der Waals surface area contributed by atoms with Gasteiger partial charge in [0.1, 0.15) is 0 Å². The van der Waals surface area contributed by atoms with E-state index < -0.39 is 0 Å². The van der Waals surface area contributed by atoms with Crippen LogP contribution in [0.1, 0.15) is 28.0 Å². The van der Waals surface area contributed by atoms with Crippen LogP contribution in [0, 0.1) is 6.92 Å². The second-order valence-electron chi connectivity index (χ2n) is 5.09. The zero-order valence-corrected chi connectivity index (χ0v) is 11.5. The van der Waals surface area contributed by atoms with Crippen LogP contribution in [0.25, 0.3) is 0 Å². The zero-order valence-electron chi connectivity index (χ0n) is 11.5. The number of benzene rings is 1. The van der Waals surface area contributed by atoms with Crippen LogP contribution in [0.4, 0.5) is 11.4 Å². The molecule has 1 aromatic carbocycles. The normalized spacial score (nSPS) is 13.9. The van der Waals surface area contributed by atoms with Crippen LogP contribution in [-0.2, 0) is 6.42 Å². The number of nitrogens with two attached hydrogens (primary N) is 1. The van der Waals surface area contributed by atoms with Gasteiger partial charge in [-0.3, -0.25) is 9.78 Å². The Morgan fingerprint density at radius 2 is 2.20 bits per heavy atom. The maximum absolute atomic E-state index is 12.7. The number of rotatable bonds is 1. The van der Waals surface area contributed by atoms with E-state index in [0.717, 1.165) is 42.0 Å². The molecule has 0 aliphatic carbocycles. The number of nitrogen functional groups attached to an aromatic ring is 1. The molecule has 1 aliphatic heterocycles. The fourth-order valence-electron chi connectivity index (χ4n) is 2.70. The summed E-state index contributed by atoms with van der Waals surface area (Å²) in [5.41, 5.74) is 10.3. The number of nitrogens with zero attached hydrogens (tertiary/aromatic N) is 2. The lowest BCUT2D eigenvalue weighted by Gasteiger charge is -2.30. The van der Waals surface area contributed by atoms with Crippen molar-refractivity contribution in [3.8, 4) is 0 Å². The Morgan fingerprint density at radius 3 is 3.00 bits per heavy atom. The lowest BCUT2D eigenvalue weighted by Crippen LogP contribution is -2.35. The third kappa shape index (κ3) is 2.13. The first-order chi connectivity index (χ1) is 9.66. The van der Waals surface area contributed by atoms with Gasteiger partial charge < -0.3 is 10.6 Å². The van der Waals surface area contributed by atoms with Crippen LogP contribution < -0.4 is 10.6 Å². The van der Waals surface area contributed by atoms with Crippen LogP contribution in [0.3, 0.4) is 0 Å². The second-order valence-corrected chi connectivity index (χ2v) is 5.09. The highest BCUT2D eigenvalue weighted by Crippen LogP contribution is 2.32. The molecular formula is C16H17N3O. The van der Waals surface area contributed by atoms with E-state index in [-0.39, 0.29) is 5.91 Å². The molecule has 0 saturated carbocycles. The summed E-state index contributed by atoms with van der Waals surface area (Å²) in [5.74, 6) is 0.0158. The smallest absolute Gasteiger partial charge is 0.258 e. The average molecular weight is 267 g/mol. The van der Waals surface area contributed by atoms with E-state index in [0.29, 0.717) is 5.56 Å². The zero-order chi connectivity index (χ0) is 14.1. The number of amides is 1. The minimum absolute atomic E-state index is 0.0158. The molecule has 0 spiro atoms. The third-order valence-electron chi connectivity index (χ3n) is 3.68. The number of carbonyl (C=O) groups excluding carboxylic acids is 1. The molecule has 2 N–H and O–H groups in total. The van der Waals surface area contributed by atoms with E-state index in [1.54, 1.807) is 12.3 Å². The lowest BCUT2D eigenvalue weighted by molar-refractivity contribution is 0.0985. The Morgan fingerprint density at radius 1 is 1.35 bits per heavy atom. The average Bonchev–Trinajstić information content (AvgIpc) is 2.46. The highest BCUT2D eigenvalue weighted by Gasteiger charge is 2.24. The number of aromatic nitrogens is 1. The Balaban J connectivity index is 2.01. The van der Waals surface area contributed by atoms with Crippen molar-refractivity contribution in [3.05, 3.63) is 53.3 Å². The highest BCUT2D eigenvalue weighted by atomic mass is 16.2. The molecule has 4 heteroatoms. The van der Waals surface area contributed by atoms with Gasteiger partial charge in [0.2, 0.25) is 0 Å². The SMILES string of the molecule is Cc1cc(C(=O)N2CCCc3c(N)cccc32)ccn1. The molecule has 0 bridgehead atoms. The Bertz CT molecular complexity index is 667. The van der Waals surface area contributed by atoms with Crippen molar-refractivity contribution < 1.29 is 4.79 Å². The first-order valence-corrected chi connectivity index (χ1v) is 6.78. The molecular weight excluding hydrogens is 250 g/mol. The van der Waals surface area contributed by atoms with Crippen LogP contribution in [0.5, 0.6) is 0 Å². The molecule has 0 saturated heterocycles. The summed E-state index contributed by atoms with van der Waals surface area (Å²) in [6.45, 7) is 2.62. The Kier molecular flexibility index (Phi) is 3.14. The van der Waals surface area contributed by atoms with E-state index in [2.05, 4.69) is 4.98 Å². The topological polar surface area (TPSA) is 59.2 Å². The minimum Gasteiger partial charge on any atom is -0.398 e. The molecule has 1 aliphatic rings. The van der Waals surface area contributed by atoms with Gasteiger partial charge in [-0.2, -0.15) is 0 Å². The number of carbonyl (C=O) groups is 1. The molecule has 4 nitrogen and oxygen atoms in total. The van der Waals surface area contributed by atoms with E-state index in [4.69, 9.17) is 5.73 Å². The summed E-state index contributed by atoms with van der Waals surface area (Å²) < 4.78 is 0. The first-order valence-electron chi connectivity index (χ1n) is 6.78. The standard InChI is InChI=1S/C16H17N3O/c1-11-10-12(7-8-18-11)16(20)19-9-3-4-13-14(17)5-2-6-15(13)19/h2,5-8,10H,3-4,9,17H2,1H3. The molecule has 2 heterocycles. The molecule has 102 valence electrons. The molecule has 0 atom stereocenters. The molecule has 2 aromatic rings. The van der Waals surface area contributed by atoms with Crippen LogP contribution in [-0.4, -0.2) is 17.4 Å². The highest BCUT2D eigenvalue weighted by molar-refractivity contribution is 6.07. The number of hydrogen-bond donors (Lipinski definition) is 1. The van der Waals surface area contributed by atoms with E-state index in [1.807, 2.05) is 36.1 Å². The van der Waals surface area contributed by atoms with Crippen molar-refractivity contribution in [2.45, 2.75) is 19.8 Å². The first kappa shape index (κ1) is 12.7. The quantitative estimate of drug-likeness (QED) is 0.808. The molecule has 0 radical (unpaired) electrons. The van der Waals surface area contributed by atoms with Crippen LogP contribution in [0.2, 0.25) is 0 Å². The fourth-order valence-corrected chi connectivity index (χ4v) is 2.70. The minimum atomic E-state index is 0.0158. The van der Waals surface area contributed by atoms with Gasteiger partial charge >= 0.3 is 0 Å². The summed E-state index contributed by atoms with van der Waals surface area (Å²) >= 11 is 0. The van der Waals surface area contributed by atoms with Crippen molar-refractivity contribution in [3.63, 3.8) is 0 Å². The van der Waals surface area contributed by atoms with Crippen LogP contribution >= 0.6 is 0 Å². The third-order valence-corrected chi connectivity index (χ3v) is 3.68. The van der Waals surface area contributed by atoms with Crippen molar-refractivity contribution >= 4 is 17.3 Å². The maximum atomic E-state index is 12.7. The monoisotopic (exact) mass is 267 g/mol. The van der Waals surface area contributed by atoms with Gasteiger partial charge in [0.05, 0.1) is 0 Å². The summed E-state index contributed by atoms with van der Waals surface area (Å²) in [6.07, 6.45) is 3.55. The van der Waals surface area contributed by atoms with Gasteiger partial charge in [0.25, 0.3) is 5.91 Å². The predicted molar refractivity (Wildman–Crippen MR) is 79.8 cm³/mol. The van der Waals surface area contributed by atoms with Crippen molar-refractivity contribution in [2.24, 2.45) is 0 Å². The summed E-state index contributed by atoms with van der Waals surface area (Å²) in [5, 5.41) is 0. The lowest BCUT2D eigenvalue weighted by atomic mass is 9.99. The van der Waals surface area contributed by atoms with Gasteiger partial charge in [0.15, 0.2) is 0 Å². The molecule has 0 unspecified atom stereocenters. The van der Waals surface area contributed by atoms with Gasteiger partial charge in [-0.05, 0) is 49.6 Å². The van der Waals surface area contributed by atoms with Gasteiger partial charge in [0, 0.05) is 35.4 Å². The molecule has 1 amide bonds. The largest absolute Gasteiger partial charge is 0.398 e. The van der Waals surface area contributed by atoms with E-state index in [9.17, 15) is 4.79 Å². The Labute approximate surface area is 118 Å². The number of pyridine rings is 1. The molecule has 0 fully saturated rings. The molecule has 3 rings (SSSR count). The van der Waals surface area contributed by atoms with Gasteiger partial charge in [-0.1, -0.05) is 6.07 Å². The molecule has 1 aromatic heterocycles. The van der Waals surface area contributed by atoms with E-state index in [1.165, 1.54) is 0 Å². The van der Waals surface area contributed by atoms with Gasteiger partial charge in [-0.15, -0.1) is 0 Å². The van der Waals surface area contributed by atoms with Crippen molar-refractivity contribution in [1.82, 2.24) is 4.98 Å². The molecule has 20 heavy (non-hydrogen) atoms. The number of hydrogen-bond acceptors (Lipinski definition) is 3. The predicted octanol–water partition coefficient (Wildman–Crippen LogP) is 2.57. The van der Waals surface area contributed by atoms with Crippen molar-refractivity contribution in [1.29, 1.82) is 0 Å². The fraction of sp³-hybridized carbons (Fsp3) is 0.250. The summed E-state index contributed by atoms with van der Waals surface area (Å²) in [4.78, 5) is 18.6. The number of fused-ring (bicyclic) bond motifs is 1. The van der Waals surface area contributed by atoms with Crippen molar-refractivity contribution in [2.75, 3.05) is 17.2 Å². The Hall–Kier alpha value is -2.36. The summed E-state index contributed by atoms with van der Waals surface area (Å²) in [6, 6.07) is 9.34. The number of aryl methyl sites for hydroxylation is 1. The van der Waals surface area contributed by atoms with Crippen LogP contribution in [0.15, 0.2) is 36.5 Å². The number of anilines is 2. The van der Waals surface area contributed by atoms with Gasteiger partial charge in [-0.25, -0.2) is 0 Å². The maximum Gasteiger partial charge on any atom is 0.258 e.